The Balaban J connectivity index is 0.00000261. The molecule has 1 aliphatic heterocycles. The van der Waals surface area contributed by atoms with Crippen LogP contribution >= 0.6 is 12.4 Å². The molecule has 0 saturated carbocycles. The van der Waals surface area contributed by atoms with Crippen molar-refractivity contribution in [3.63, 3.8) is 0 Å². The number of rotatable bonds is 5. The van der Waals surface area contributed by atoms with Gasteiger partial charge in [-0.2, -0.15) is 0 Å². The topological polar surface area (TPSA) is 68.0 Å². The molecule has 3 rings (SSSR count). The standard InChI is InChI=1S/C19H25N3O4.ClH/c1-13-16(14(2)26-20-13)12-21-7-9-22(10-8-21)19(23)15-5-6-17(24-3)18(11-15)25-4;/h5-6,11H,7-10,12H2,1-4H3;1H. The van der Waals surface area contributed by atoms with Crippen molar-refractivity contribution in [1.82, 2.24) is 15.0 Å². The molecule has 1 saturated heterocycles. The summed E-state index contributed by atoms with van der Waals surface area (Å²) in [4.78, 5) is 17.0. The number of nitrogens with zero attached hydrogens (tertiary/aromatic N) is 3. The smallest absolute Gasteiger partial charge is 0.254 e. The summed E-state index contributed by atoms with van der Waals surface area (Å²) in [6.45, 7) is 7.73. The molecule has 0 aliphatic carbocycles. The van der Waals surface area contributed by atoms with Crippen LogP contribution in [0, 0.1) is 13.8 Å². The maximum atomic E-state index is 12.8. The van der Waals surface area contributed by atoms with Gasteiger partial charge in [-0.1, -0.05) is 5.16 Å². The van der Waals surface area contributed by atoms with Gasteiger partial charge >= 0.3 is 0 Å². The molecule has 1 aromatic heterocycles. The molecule has 0 bridgehead atoms. The number of hydrogen-bond acceptors (Lipinski definition) is 6. The maximum absolute atomic E-state index is 12.8. The van der Waals surface area contributed by atoms with Gasteiger partial charge in [0.05, 0.1) is 19.9 Å². The summed E-state index contributed by atoms with van der Waals surface area (Å²) in [5.41, 5.74) is 2.69. The lowest BCUT2D eigenvalue weighted by molar-refractivity contribution is 0.0627. The van der Waals surface area contributed by atoms with E-state index in [0.717, 1.165) is 36.7 Å². The second kappa shape index (κ2) is 9.10. The first-order chi connectivity index (χ1) is 12.5. The van der Waals surface area contributed by atoms with Crippen LogP contribution in [0.25, 0.3) is 0 Å². The summed E-state index contributed by atoms with van der Waals surface area (Å²) < 4.78 is 15.8. The van der Waals surface area contributed by atoms with Crippen LogP contribution in [-0.2, 0) is 6.54 Å². The highest BCUT2D eigenvalue weighted by atomic mass is 35.5. The quantitative estimate of drug-likeness (QED) is 0.775. The summed E-state index contributed by atoms with van der Waals surface area (Å²) in [6.07, 6.45) is 0. The summed E-state index contributed by atoms with van der Waals surface area (Å²) >= 11 is 0. The zero-order chi connectivity index (χ0) is 18.7. The van der Waals surface area contributed by atoms with Gasteiger partial charge < -0.3 is 18.9 Å². The van der Waals surface area contributed by atoms with Crippen molar-refractivity contribution < 1.29 is 18.8 Å². The molecule has 2 heterocycles. The van der Waals surface area contributed by atoms with Crippen LogP contribution in [-0.4, -0.2) is 61.3 Å². The highest BCUT2D eigenvalue weighted by Gasteiger charge is 2.24. The molecule has 0 radical (unpaired) electrons. The minimum atomic E-state index is 0. The van der Waals surface area contributed by atoms with Crippen LogP contribution < -0.4 is 9.47 Å². The van der Waals surface area contributed by atoms with E-state index in [1.807, 2.05) is 18.7 Å². The van der Waals surface area contributed by atoms with E-state index < -0.39 is 0 Å². The van der Waals surface area contributed by atoms with Crippen molar-refractivity contribution >= 4 is 18.3 Å². The number of carbonyl (C=O) groups excluding carboxylic acids is 1. The molecular weight excluding hydrogens is 370 g/mol. The Hall–Kier alpha value is -2.25. The summed E-state index contributed by atoms with van der Waals surface area (Å²) in [7, 11) is 3.15. The Morgan fingerprint density at radius 1 is 1.11 bits per heavy atom. The molecule has 8 heteroatoms. The second-order valence-corrected chi connectivity index (χ2v) is 6.44. The number of methoxy groups -OCH3 is 2. The Morgan fingerprint density at radius 2 is 1.78 bits per heavy atom. The van der Waals surface area contributed by atoms with Crippen LogP contribution in [0.3, 0.4) is 0 Å². The number of benzene rings is 1. The number of aromatic nitrogens is 1. The van der Waals surface area contributed by atoms with Crippen molar-refractivity contribution in [3.8, 4) is 11.5 Å². The molecule has 7 nitrogen and oxygen atoms in total. The van der Waals surface area contributed by atoms with E-state index in [1.165, 1.54) is 0 Å². The van der Waals surface area contributed by atoms with E-state index in [1.54, 1.807) is 32.4 Å². The molecule has 148 valence electrons. The third-order valence-electron chi connectivity index (χ3n) is 4.85. The third-order valence-corrected chi connectivity index (χ3v) is 4.85. The van der Waals surface area contributed by atoms with E-state index in [-0.39, 0.29) is 18.3 Å². The molecule has 0 spiro atoms. The van der Waals surface area contributed by atoms with Crippen LogP contribution in [0.5, 0.6) is 11.5 Å². The van der Waals surface area contributed by atoms with Gasteiger partial charge in [0.1, 0.15) is 5.76 Å². The number of amides is 1. The number of halogens is 1. The maximum Gasteiger partial charge on any atom is 0.254 e. The average molecular weight is 396 g/mol. The highest BCUT2D eigenvalue weighted by molar-refractivity contribution is 5.95. The van der Waals surface area contributed by atoms with Crippen LogP contribution in [0.15, 0.2) is 22.7 Å². The van der Waals surface area contributed by atoms with Gasteiger partial charge in [0.25, 0.3) is 5.91 Å². The first-order valence-corrected chi connectivity index (χ1v) is 8.69. The van der Waals surface area contributed by atoms with E-state index in [4.69, 9.17) is 14.0 Å². The Bertz CT molecular complexity index is 766. The minimum absolute atomic E-state index is 0. The second-order valence-electron chi connectivity index (χ2n) is 6.44. The molecule has 1 amide bonds. The van der Waals surface area contributed by atoms with Crippen molar-refractivity contribution in [2.75, 3.05) is 40.4 Å². The molecule has 1 aromatic carbocycles. The third kappa shape index (κ3) is 4.54. The lowest BCUT2D eigenvalue weighted by Crippen LogP contribution is -2.48. The predicted molar refractivity (Wildman–Crippen MR) is 104 cm³/mol. The Labute approximate surface area is 165 Å². The fourth-order valence-corrected chi connectivity index (χ4v) is 3.21. The van der Waals surface area contributed by atoms with Gasteiger partial charge in [-0.25, -0.2) is 0 Å². The molecule has 1 fully saturated rings. The predicted octanol–water partition coefficient (Wildman–Crippen LogP) is 2.69. The lowest BCUT2D eigenvalue weighted by atomic mass is 10.1. The van der Waals surface area contributed by atoms with Crippen LogP contribution in [0.1, 0.15) is 27.4 Å². The first kappa shape index (κ1) is 21.1. The number of carbonyl (C=O) groups is 1. The van der Waals surface area contributed by atoms with Crippen molar-refractivity contribution in [1.29, 1.82) is 0 Å². The number of aryl methyl sites for hydroxylation is 2. The van der Waals surface area contributed by atoms with Crippen molar-refractivity contribution in [2.45, 2.75) is 20.4 Å². The molecule has 0 N–H and O–H groups in total. The van der Waals surface area contributed by atoms with Crippen molar-refractivity contribution in [3.05, 3.63) is 40.8 Å². The number of piperazine rings is 1. The Kier molecular flexibility index (Phi) is 7.10. The summed E-state index contributed by atoms with van der Waals surface area (Å²) in [6, 6.07) is 5.27. The van der Waals surface area contributed by atoms with Gasteiger partial charge in [-0.15, -0.1) is 12.4 Å². The molecule has 2 aromatic rings. The van der Waals surface area contributed by atoms with Gasteiger partial charge in [-0.05, 0) is 32.0 Å². The van der Waals surface area contributed by atoms with E-state index in [9.17, 15) is 4.79 Å². The monoisotopic (exact) mass is 395 g/mol. The zero-order valence-corrected chi connectivity index (χ0v) is 17.0. The first-order valence-electron chi connectivity index (χ1n) is 8.69. The highest BCUT2D eigenvalue weighted by Crippen LogP contribution is 2.28. The molecule has 0 atom stereocenters. The largest absolute Gasteiger partial charge is 0.493 e. The molecule has 0 unspecified atom stereocenters. The molecular formula is C19H26ClN3O4. The van der Waals surface area contributed by atoms with Crippen molar-refractivity contribution in [2.24, 2.45) is 0 Å². The van der Waals surface area contributed by atoms with Gasteiger partial charge in [-0.3, -0.25) is 9.69 Å². The minimum Gasteiger partial charge on any atom is -0.493 e. The zero-order valence-electron chi connectivity index (χ0n) is 16.2. The number of hydrogen-bond donors (Lipinski definition) is 0. The average Bonchev–Trinajstić information content (AvgIpc) is 2.99. The van der Waals surface area contributed by atoms with E-state index in [2.05, 4.69) is 10.1 Å². The van der Waals surface area contributed by atoms with Crippen LogP contribution in [0.4, 0.5) is 0 Å². The summed E-state index contributed by atoms with van der Waals surface area (Å²) in [5.74, 6) is 2.07. The van der Waals surface area contributed by atoms with E-state index >= 15 is 0 Å². The lowest BCUT2D eigenvalue weighted by Gasteiger charge is -2.34. The Morgan fingerprint density at radius 3 is 2.33 bits per heavy atom. The SMILES string of the molecule is COc1ccc(C(=O)N2CCN(Cc3c(C)noc3C)CC2)cc1OC.Cl. The van der Waals surface area contributed by atoms with Gasteiger partial charge in [0.15, 0.2) is 11.5 Å². The van der Waals surface area contributed by atoms with E-state index in [0.29, 0.717) is 30.2 Å². The summed E-state index contributed by atoms with van der Waals surface area (Å²) in [5, 5.41) is 4.01. The molecule has 27 heavy (non-hydrogen) atoms. The normalized spacial score (nSPS) is 14.6. The fourth-order valence-electron chi connectivity index (χ4n) is 3.21. The molecule has 1 aliphatic rings. The van der Waals surface area contributed by atoms with Gasteiger partial charge in [0.2, 0.25) is 0 Å². The van der Waals surface area contributed by atoms with Gasteiger partial charge in [0, 0.05) is 43.9 Å². The fraction of sp³-hybridized carbons (Fsp3) is 0.474. The van der Waals surface area contributed by atoms with Crippen LogP contribution in [0.2, 0.25) is 0 Å². The number of ether oxygens (including phenoxy) is 2.